The van der Waals surface area contributed by atoms with Gasteiger partial charge in [0.25, 0.3) is 5.91 Å². The quantitative estimate of drug-likeness (QED) is 0.820. The molecule has 1 amide bonds. The van der Waals surface area contributed by atoms with Crippen LogP contribution in [0.3, 0.4) is 0 Å². The molecule has 0 unspecified atom stereocenters. The Balaban J connectivity index is 1.43. The highest BCUT2D eigenvalue weighted by Gasteiger charge is 2.35. The lowest BCUT2D eigenvalue weighted by atomic mass is 10.1. The molecule has 0 spiro atoms. The molecular formula is C15H14BrClN4O. The smallest absolute Gasteiger partial charge is 0.255 e. The first-order chi connectivity index (χ1) is 10.6. The van der Waals surface area contributed by atoms with Crippen LogP contribution in [0.2, 0.25) is 5.02 Å². The van der Waals surface area contributed by atoms with Gasteiger partial charge in [-0.25, -0.2) is 4.68 Å². The predicted molar refractivity (Wildman–Crippen MR) is 86.1 cm³/mol. The average Bonchev–Trinajstić information content (AvgIpc) is 3.19. The molecule has 0 radical (unpaired) electrons. The maximum absolute atomic E-state index is 12.5. The summed E-state index contributed by atoms with van der Waals surface area (Å²) in [7, 11) is 0. The van der Waals surface area contributed by atoms with Crippen molar-refractivity contribution in [2.45, 2.75) is 24.8 Å². The van der Waals surface area contributed by atoms with Crippen LogP contribution in [0.1, 0.15) is 40.9 Å². The van der Waals surface area contributed by atoms with E-state index >= 15 is 0 Å². The SMILES string of the molecule is O=C(c1cc(Br)ccc1Cl)N1CC(n2cc(C3CC3)nn2)C1. The Bertz CT molecular complexity index is 737. The minimum atomic E-state index is -0.0370. The fraction of sp³-hybridized carbons (Fsp3) is 0.400. The minimum Gasteiger partial charge on any atom is -0.334 e. The summed E-state index contributed by atoms with van der Waals surface area (Å²) in [5.41, 5.74) is 1.62. The van der Waals surface area contributed by atoms with E-state index in [1.54, 1.807) is 17.0 Å². The van der Waals surface area contributed by atoms with Gasteiger partial charge in [-0.05, 0) is 31.0 Å². The fourth-order valence-electron chi connectivity index (χ4n) is 2.66. The zero-order chi connectivity index (χ0) is 15.3. The van der Waals surface area contributed by atoms with Gasteiger partial charge in [0, 0.05) is 29.7 Å². The summed E-state index contributed by atoms with van der Waals surface area (Å²) < 4.78 is 2.74. The van der Waals surface area contributed by atoms with Crippen LogP contribution < -0.4 is 0 Å². The van der Waals surface area contributed by atoms with Crippen LogP contribution in [0.4, 0.5) is 0 Å². The van der Waals surface area contributed by atoms with Gasteiger partial charge in [0.15, 0.2) is 0 Å². The van der Waals surface area contributed by atoms with E-state index in [0.29, 0.717) is 29.6 Å². The zero-order valence-electron chi connectivity index (χ0n) is 11.7. The van der Waals surface area contributed by atoms with Gasteiger partial charge in [0.1, 0.15) is 0 Å². The number of hydrogen-bond donors (Lipinski definition) is 0. The number of rotatable bonds is 3. The number of carbonyl (C=O) groups excluding carboxylic acids is 1. The third kappa shape index (κ3) is 2.54. The average molecular weight is 382 g/mol. The fourth-order valence-corrected chi connectivity index (χ4v) is 3.21. The second-order valence-corrected chi connectivity index (χ2v) is 7.21. The molecule has 1 aliphatic carbocycles. The van der Waals surface area contributed by atoms with Crippen molar-refractivity contribution in [3.8, 4) is 0 Å². The lowest BCUT2D eigenvalue weighted by Crippen LogP contribution is -2.51. The Hall–Kier alpha value is -1.40. The molecule has 4 rings (SSSR count). The first-order valence-electron chi connectivity index (χ1n) is 7.28. The Kier molecular flexibility index (Phi) is 3.46. The predicted octanol–water partition coefficient (Wildman–Crippen LogP) is 3.27. The van der Waals surface area contributed by atoms with Crippen LogP contribution in [0.25, 0.3) is 0 Å². The van der Waals surface area contributed by atoms with Crippen molar-refractivity contribution >= 4 is 33.4 Å². The van der Waals surface area contributed by atoms with E-state index in [9.17, 15) is 4.79 Å². The first-order valence-corrected chi connectivity index (χ1v) is 8.45. The number of aromatic nitrogens is 3. The van der Waals surface area contributed by atoms with Crippen molar-refractivity contribution in [2.24, 2.45) is 0 Å². The minimum absolute atomic E-state index is 0.0370. The molecule has 0 N–H and O–H groups in total. The second-order valence-electron chi connectivity index (χ2n) is 5.89. The maximum atomic E-state index is 12.5. The van der Waals surface area contributed by atoms with E-state index < -0.39 is 0 Å². The van der Waals surface area contributed by atoms with Gasteiger partial charge < -0.3 is 4.90 Å². The molecule has 0 atom stereocenters. The highest BCUT2D eigenvalue weighted by Crippen LogP contribution is 2.39. The number of nitrogens with zero attached hydrogens (tertiary/aromatic N) is 4. The maximum Gasteiger partial charge on any atom is 0.255 e. The van der Waals surface area contributed by atoms with Gasteiger partial charge in [-0.2, -0.15) is 0 Å². The van der Waals surface area contributed by atoms with Crippen LogP contribution in [-0.4, -0.2) is 38.9 Å². The van der Waals surface area contributed by atoms with Crippen molar-refractivity contribution < 1.29 is 4.79 Å². The highest BCUT2D eigenvalue weighted by atomic mass is 79.9. The number of likely N-dealkylation sites (tertiary alicyclic amines) is 1. The molecule has 5 nitrogen and oxygen atoms in total. The van der Waals surface area contributed by atoms with E-state index in [0.717, 1.165) is 10.2 Å². The third-order valence-electron chi connectivity index (χ3n) is 4.21. The Morgan fingerprint density at radius 3 is 2.82 bits per heavy atom. The molecule has 2 fully saturated rings. The summed E-state index contributed by atoms with van der Waals surface area (Å²) in [5, 5.41) is 8.89. The molecular weight excluding hydrogens is 368 g/mol. The van der Waals surface area contributed by atoms with Crippen molar-refractivity contribution in [2.75, 3.05) is 13.1 Å². The Morgan fingerprint density at radius 2 is 2.09 bits per heavy atom. The largest absolute Gasteiger partial charge is 0.334 e. The molecule has 1 aromatic carbocycles. The zero-order valence-corrected chi connectivity index (χ0v) is 14.1. The lowest BCUT2D eigenvalue weighted by molar-refractivity contribution is 0.0498. The molecule has 1 saturated carbocycles. The van der Waals surface area contributed by atoms with Gasteiger partial charge in [0.05, 0.1) is 22.3 Å². The van der Waals surface area contributed by atoms with Crippen molar-refractivity contribution in [1.29, 1.82) is 0 Å². The Morgan fingerprint density at radius 1 is 1.32 bits per heavy atom. The molecule has 0 bridgehead atoms. The summed E-state index contributed by atoms with van der Waals surface area (Å²) in [6.45, 7) is 1.30. The van der Waals surface area contributed by atoms with E-state index in [4.69, 9.17) is 11.6 Å². The molecule has 2 heterocycles. The van der Waals surface area contributed by atoms with Gasteiger partial charge in [0.2, 0.25) is 0 Å². The van der Waals surface area contributed by atoms with Crippen LogP contribution in [-0.2, 0) is 0 Å². The van der Waals surface area contributed by atoms with Gasteiger partial charge in [-0.1, -0.05) is 32.7 Å². The highest BCUT2D eigenvalue weighted by molar-refractivity contribution is 9.10. The first kappa shape index (κ1) is 14.2. The van der Waals surface area contributed by atoms with Crippen molar-refractivity contribution in [1.82, 2.24) is 19.9 Å². The topological polar surface area (TPSA) is 51.0 Å². The summed E-state index contributed by atoms with van der Waals surface area (Å²) in [6, 6.07) is 5.54. The molecule has 2 aliphatic rings. The summed E-state index contributed by atoms with van der Waals surface area (Å²) in [4.78, 5) is 14.3. The molecule has 1 aromatic heterocycles. The van der Waals surface area contributed by atoms with Crippen LogP contribution >= 0.6 is 27.5 Å². The standard InChI is InChI=1S/C15H14BrClN4O/c16-10-3-4-13(17)12(5-10)15(22)20-6-11(7-20)21-8-14(18-19-21)9-1-2-9/h3-5,8-9,11H,1-2,6-7H2. The molecule has 1 aliphatic heterocycles. The molecule has 22 heavy (non-hydrogen) atoms. The van der Waals surface area contributed by atoms with Crippen LogP contribution in [0, 0.1) is 0 Å². The normalized spacial score (nSPS) is 18.4. The summed E-state index contributed by atoms with van der Waals surface area (Å²) in [6.07, 6.45) is 4.46. The van der Waals surface area contributed by atoms with Crippen molar-refractivity contribution in [3.05, 3.63) is 45.1 Å². The monoisotopic (exact) mass is 380 g/mol. The Labute approximate surface area is 141 Å². The number of carbonyl (C=O) groups is 1. The number of amides is 1. The van der Waals surface area contributed by atoms with Crippen molar-refractivity contribution in [3.63, 3.8) is 0 Å². The van der Waals surface area contributed by atoms with Gasteiger partial charge in [-0.3, -0.25) is 4.79 Å². The van der Waals surface area contributed by atoms with Crippen LogP contribution in [0.5, 0.6) is 0 Å². The number of benzene rings is 1. The van der Waals surface area contributed by atoms with Gasteiger partial charge >= 0.3 is 0 Å². The summed E-state index contributed by atoms with van der Waals surface area (Å²) in [5.74, 6) is 0.567. The van der Waals surface area contributed by atoms with E-state index in [1.165, 1.54) is 12.8 Å². The molecule has 2 aromatic rings. The summed E-state index contributed by atoms with van der Waals surface area (Å²) >= 11 is 9.49. The number of hydrogen-bond acceptors (Lipinski definition) is 3. The number of halogens is 2. The van der Waals surface area contributed by atoms with Crippen LogP contribution in [0.15, 0.2) is 28.9 Å². The van der Waals surface area contributed by atoms with Gasteiger partial charge in [-0.15, -0.1) is 5.10 Å². The molecule has 1 saturated heterocycles. The van der Waals surface area contributed by atoms with E-state index in [2.05, 4.69) is 26.2 Å². The van der Waals surface area contributed by atoms with E-state index in [-0.39, 0.29) is 11.9 Å². The third-order valence-corrected chi connectivity index (χ3v) is 5.03. The van der Waals surface area contributed by atoms with E-state index in [1.807, 2.05) is 16.9 Å². The molecule has 114 valence electrons. The lowest BCUT2D eigenvalue weighted by Gasteiger charge is -2.39. The second kappa shape index (κ2) is 5.35. The molecule has 7 heteroatoms.